The molecule has 0 amide bonds. The summed E-state index contributed by atoms with van der Waals surface area (Å²) in [4.78, 5) is 23.0. The molecule has 2 rings (SSSR count). The number of benzene rings is 1. The lowest BCUT2D eigenvalue weighted by molar-refractivity contribution is -0.123. The highest BCUT2D eigenvalue weighted by Gasteiger charge is 2.36. The summed E-state index contributed by atoms with van der Waals surface area (Å²) in [6, 6.07) is 7.15. The second-order valence-electron chi connectivity index (χ2n) is 5.16. The SMILES string of the molecule is Cc1ccc(C(=O)OC[C@@H]2CC(C)[C@H](C(=O)Cl)O2)cc1. The number of ether oxygens (including phenoxy) is 2. The third-order valence-electron chi connectivity index (χ3n) is 3.40. The van der Waals surface area contributed by atoms with Crippen molar-refractivity contribution in [3.63, 3.8) is 0 Å². The van der Waals surface area contributed by atoms with Gasteiger partial charge in [0.05, 0.1) is 11.7 Å². The molecule has 20 heavy (non-hydrogen) atoms. The van der Waals surface area contributed by atoms with Crippen LogP contribution in [0.15, 0.2) is 24.3 Å². The molecule has 1 saturated heterocycles. The lowest BCUT2D eigenvalue weighted by Gasteiger charge is -2.12. The zero-order valence-electron chi connectivity index (χ0n) is 11.5. The monoisotopic (exact) mass is 296 g/mol. The molecule has 1 aromatic carbocycles. The first-order valence-electron chi connectivity index (χ1n) is 6.56. The van der Waals surface area contributed by atoms with Crippen molar-refractivity contribution in [3.05, 3.63) is 35.4 Å². The maximum atomic E-state index is 11.8. The molecular weight excluding hydrogens is 280 g/mol. The van der Waals surface area contributed by atoms with E-state index in [2.05, 4.69) is 0 Å². The maximum Gasteiger partial charge on any atom is 0.338 e. The van der Waals surface area contributed by atoms with Crippen LogP contribution in [0.2, 0.25) is 0 Å². The highest BCUT2D eigenvalue weighted by Crippen LogP contribution is 2.27. The van der Waals surface area contributed by atoms with E-state index < -0.39 is 11.3 Å². The van der Waals surface area contributed by atoms with Gasteiger partial charge in [-0.1, -0.05) is 24.6 Å². The standard InChI is InChI=1S/C15H17ClO4/c1-9-3-5-11(6-4-9)15(18)19-8-12-7-10(2)13(20-12)14(16)17/h3-6,10,12-13H,7-8H2,1-2H3/t10?,12-,13+/m0/s1. The van der Waals surface area contributed by atoms with Crippen molar-refractivity contribution >= 4 is 22.8 Å². The zero-order chi connectivity index (χ0) is 14.7. The van der Waals surface area contributed by atoms with Gasteiger partial charge in [-0.25, -0.2) is 4.79 Å². The Bertz CT molecular complexity index is 497. The van der Waals surface area contributed by atoms with Gasteiger partial charge < -0.3 is 9.47 Å². The largest absolute Gasteiger partial charge is 0.459 e. The molecule has 0 spiro atoms. The Balaban J connectivity index is 1.85. The first-order valence-corrected chi connectivity index (χ1v) is 6.93. The van der Waals surface area contributed by atoms with Crippen LogP contribution in [-0.4, -0.2) is 30.0 Å². The quantitative estimate of drug-likeness (QED) is 0.633. The summed E-state index contributed by atoms with van der Waals surface area (Å²) in [7, 11) is 0. The van der Waals surface area contributed by atoms with E-state index in [4.69, 9.17) is 21.1 Å². The highest BCUT2D eigenvalue weighted by molar-refractivity contribution is 6.64. The lowest BCUT2D eigenvalue weighted by atomic mass is 10.0. The van der Waals surface area contributed by atoms with Crippen molar-refractivity contribution in [1.82, 2.24) is 0 Å². The highest BCUT2D eigenvalue weighted by atomic mass is 35.5. The van der Waals surface area contributed by atoms with Crippen LogP contribution in [0.4, 0.5) is 0 Å². The van der Waals surface area contributed by atoms with Gasteiger partial charge in [0.15, 0.2) is 0 Å². The van der Waals surface area contributed by atoms with E-state index in [-0.39, 0.29) is 24.6 Å². The van der Waals surface area contributed by atoms with E-state index in [0.29, 0.717) is 12.0 Å². The summed E-state index contributed by atoms with van der Waals surface area (Å²) in [5.41, 5.74) is 1.59. The Morgan fingerprint density at radius 3 is 2.55 bits per heavy atom. The normalized spacial score (nSPS) is 25.4. The minimum absolute atomic E-state index is 0.0445. The molecule has 1 heterocycles. The van der Waals surface area contributed by atoms with Crippen molar-refractivity contribution < 1.29 is 19.1 Å². The number of halogens is 1. The molecular formula is C15H17ClO4. The first-order chi connectivity index (χ1) is 9.47. The van der Waals surface area contributed by atoms with E-state index in [1.807, 2.05) is 26.0 Å². The fraction of sp³-hybridized carbons (Fsp3) is 0.467. The third kappa shape index (κ3) is 3.58. The predicted molar refractivity (Wildman–Crippen MR) is 74.8 cm³/mol. The summed E-state index contributed by atoms with van der Waals surface area (Å²) < 4.78 is 10.7. The topological polar surface area (TPSA) is 52.6 Å². The second-order valence-corrected chi connectivity index (χ2v) is 5.53. The molecule has 0 aromatic heterocycles. The molecule has 1 unspecified atom stereocenters. The molecule has 0 aliphatic carbocycles. The molecule has 1 aliphatic rings. The van der Waals surface area contributed by atoms with Crippen molar-refractivity contribution in [2.24, 2.45) is 5.92 Å². The van der Waals surface area contributed by atoms with Crippen molar-refractivity contribution in [3.8, 4) is 0 Å². The van der Waals surface area contributed by atoms with Crippen LogP contribution in [0.5, 0.6) is 0 Å². The number of esters is 1. The van der Waals surface area contributed by atoms with Gasteiger partial charge in [-0.05, 0) is 43.0 Å². The third-order valence-corrected chi connectivity index (χ3v) is 3.62. The van der Waals surface area contributed by atoms with E-state index in [1.165, 1.54) is 0 Å². The first kappa shape index (κ1) is 15.0. The van der Waals surface area contributed by atoms with Crippen LogP contribution in [0, 0.1) is 12.8 Å². The smallest absolute Gasteiger partial charge is 0.338 e. The van der Waals surface area contributed by atoms with Gasteiger partial charge in [-0.3, -0.25) is 4.79 Å². The van der Waals surface area contributed by atoms with Gasteiger partial charge in [-0.15, -0.1) is 0 Å². The summed E-state index contributed by atoms with van der Waals surface area (Å²) in [6.07, 6.45) is -0.212. The van der Waals surface area contributed by atoms with Crippen LogP contribution < -0.4 is 0 Å². The number of aryl methyl sites for hydroxylation is 1. The fourth-order valence-corrected chi connectivity index (χ4v) is 2.53. The number of carbonyl (C=O) groups is 2. The van der Waals surface area contributed by atoms with Crippen LogP contribution >= 0.6 is 11.6 Å². The van der Waals surface area contributed by atoms with Crippen molar-refractivity contribution in [2.75, 3.05) is 6.61 Å². The molecule has 0 radical (unpaired) electrons. The summed E-state index contributed by atoms with van der Waals surface area (Å²) in [6.45, 7) is 3.98. The van der Waals surface area contributed by atoms with E-state index in [0.717, 1.165) is 5.56 Å². The summed E-state index contributed by atoms with van der Waals surface area (Å²) in [5.74, 6) is -0.343. The average Bonchev–Trinajstić information content (AvgIpc) is 2.78. The summed E-state index contributed by atoms with van der Waals surface area (Å²) in [5, 5.41) is -0.495. The molecule has 4 nitrogen and oxygen atoms in total. The maximum absolute atomic E-state index is 11.8. The molecule has 1 aliphatic heterocycles. The predicted octanol–water partition coefficient (Wildman–Crippen LogP) is 2.71. The molecule has 0 N–H and O–H groups in total. The number of hydrogen-bond donors (Lipinski definition) is 0. The van der Waals surface area contributed by atoms with Crippen LogP contribution in [0.3, 0.4) is 0 Å². The molecule has 1 aromatic rings. The number of hydrogen-bond acceptors (Lipinski definition) is 4. The van der Waals surface area contributed by atoms with Crippen molar-refractivity contribution in [2.45, 2.75) is 32.5 Å². The van der Waals surface area contributed by atoms with Gasteiger partial charge in [0.25, 0.3) is 5.24 Å². The van der Waals surface area contributed by atoms with Gasteiger partial charge in [0.2, 0.25) is 0 Å². The zero-order valence-corrected chi connectivity index (χ0v) is 12.2. The average molecular weight is 297 g/mol. The van der Waals surface area contributed by atoms with Gasteiger partial charge in [-0.2, -0.15) is 0 Å². The van der Waals surface area contributed by atoms with E-state index >= 15 is 0 Å². The van der Waals surface area contributed by atoms with Crippen molar-refractivity contribution in [1.29, 1.82) is 0 Å². The van der Waals surface area contributed by atoms with Gasteiger partial charge in [0.1, 0.15) is 12.7 Å². The Morgan fingerprint density at radius 2 is 2.00 bits per heavy atom. The van der Waals surface area contributed by atoms with Gasteiger partial charge >= 0.3 is 5.97 Å². The van der Waals surface area contributed by atoms with Crippen LogP contribution in [-0.2, 0) is 14.3 Å². The lowest BCUT2D eigenvalue weighted by Crippen LogP contribution is -2.23. The van der Waals surface area contributed by atoms with E-state index in [9.17, 15) is 9.59 Å². The Labute approximate surface area is 123 Å². The number of carbonyl (C=O) groups excluding carboxylic acids is 2. The molecule has 0 saturated carbocycles. The molecule has 0 bridgehead atoms. The second kappa shape index (κ2) is 6.37. The molecule has 1 fully saturated rings. The van der Waals surface area contributed by atoms with Crippen LogP contribution in [0.1, 0.15) is 29.3 Å². The summed E-state index contributed by atoms with van der Waals surface area (Å²) >= 11 is 5.45. The van der Waals surface area contributed by atoms with E-state index in [1.54, 1.807) is 12.1 Å². The molecule has 3 atom stereocenters. The Morgan fingerprint density at radius 1 is 1.35 bits per heavy atom. The Hall–Kier alpha value is -1.39. The Kier molecular flexibility index (Phi) is 4.78. The minimum atomic E-state index is -0.597. The minimum Gasteiger partial charge on any atom is -0.459 e. The number of rotatable bonds is 4. The molecule has 108 valence electrons. The fourth-order valence-electron chi connectivity index (χ4n) is 2.26. The molecule has 5 heteroatoms. The van der Waals surface area contributed by atoms with Crippen LogP contribution in [0.25, 0.3) is 0 Å². The van der Waals surface area contributed by atoms with Gasteiger partial charge in [0, 0.05) is 0 Å².